The van der Waals surface area contributed by atoms with E-state index in [-0.39, 0.29) is 25.2 Å². The molecule has 1 aliphatic heterocycles. The quantitative estimate of drug-likeness (QED) is 0.184. The molecular weight excluding hydrogens is 912 g/mol. The molecule has 4 N–H and O–H groups in total. The monoisotopic (exact) mass is 967 g/mol. The highest BCUT2D eigenvalue weighted by molar-refractivity contribution is 7.17. The summed E-state index contributed by atoms with van der Waals surface area (Å²) in [5.74, 6) is -8.55. The van der Waals surface area contributed by atoms with E-state index in [1.165, 1.54) is 25.3 Å². The number of amides is 5. The number of halogens is 7. The van der Waals surface area contributed by atoms with Crippen LogP contribution in [0.2, 0.25) is 5.02 Å². The largest absolute Gasteiger partial charge is 0.451 e. The second-order valence-electron chi connectivity index (χ2n) is 17.0. The Morgan fingerprint density at radius 1 is 0.831 bits per heavy atom. The SMILES string of the molecule is CC(C)C[C@@H]1NC(O)[C@H](Cc2csc3ccc(Cl)cc23)N(C)C(=O)[C@H](CC(F)(F)F)NC(=O)[C@H](CC(C)C)N(C)C(=O)[C@H](CC(F)(F)F)NC(=O)[C@@H](CCC#N)OC(=O)[C@H](C)N(C)C1=O. The molecule has 0 aliphatic carbocycles. The van der Waals surface area contributed by atoms with E-state index in [0.717, 1.165) is 28.6 Å². The van der Waals surface area contributed by atoms with Gasteiger partial charge in [0.1, 0.15) is 30.4 Å². The highest BCUT2D eigenvalue weighted by atomic mass is 35.5. The number of aliphatic hydroxyl groups excluding tert-OH is 1. The number of thiophene rings is 1. The van der Waals surface area contributed by atoms with Crippen LogP contribution < -0.4 is 16.0 Å². The van der Waals surface area contributed by atoms with Crippen LogP contribution in [0, 0.1) is 23.2 Å². The third kappa shape index (κ3) is 15.7. The lowest BCUT2D eigenvalue weighted by atomic mass is 9.98. The van der Waals surface area contributed by atoms with Crippen molar-refractivity contribution in [3.05, 3.63) is 34.2 Å². The fourth-order valence-electron chi connectivity index (χ4n) is 7.29. The van der Waals surface area contributed by atoms with Crippen LogP contribution in [0.1, 0.15) is 78.7 Å². The number of benzene rings is 1. The van der Waals surface area contributed by atoms with Gasteiger partial charge in [-0.05, 0) is 72.6 Å². The van der Waals surface area contributed by atoms with E-state index in [9.17, 15) is 65.5 Å². The van der Waals surface area contributed by atoms with Gasteiger partial charge < -0.3 is 35.2 Å². The molecule has 1 aromatic heterocycles. The number of likely N-dealkylation sites (N-methyl/N-ethyl adjacent to an activating group) is 3. The molecule has 23 heteroatoms. The second-order valence-corrected chi connectivity index (χ2v) is 18.4. The predicted octanol–water partition coefficient (Wildman–Crippen LogP) is 5.07. The molecule has 0 saturated carbocycles. The zero-order valence-electron chi connectivity index (χ0n) is 37.2. The zero-order chi connectivity index (χ0) is 49.3. The van der Waals surface area contributed by atoms with E-state index in [4.69, 9.17) is 16.3 Å². The molecule has 1 aromatic carbocycles. The molecule has 1 saturated heterocycles. The molecule has 0 radical (unpaired) electrons. The molecule has 1 unspecified atom stereocenters. The highest BCUT2D eigenvalue weighted by Gasteiger charge is 2.45. The summed E-state index contributed by atoms with van der Waals surface area (Å²) in [7, 11) is 3.18. The Kier molecular flexibility index (Phi) is 19.4. The number of aliphatic hydroxyl groups is 1. The van der Waals surface area contributed by atoms with Crippen LogP contribution in [0.3, 0.4) is 0 Å². The lowest BCUT2D eigenvalue weighted by Gasteiger charge is -2.38. The zero-order valence-corrected chi connectivity index (χ0v) is 38.8. The van der Waals surface area contributed by atoms with E-state index in [1.54, 1.807) is 57.3 Å². The molecule has 0 spiro atoms. The fraction of sp³-hybridized carbons (Fsp3) is 0.643. The van der Waals surface area contributed by atoms with E-state index in [0.29, 0.717) is 20.9 Å². The molecule has 3 rings (SSSR count). The summed E-state index contributed by atoms with van der Waals surface area (Å²) in [5, 5.41) is 30.7. The Labute approximate surface area is 382 Å². The number of nitriles is 1. The van der Waals surface area contributed by atoms with Crippen molar-refractivity contribution in [2.45, 2.75) is 140 Å². The number of hydrogen-bond acceptors (Lipinski definition) is 11. The summed E-state index contributed by atoms with van der Waals surface area (Å²) in [6.07, 6.45) is -19.7. The topological polar surface area (TPSA) is 201 Å². The van der Waals surface area contributed by atoms with Gasteiger partial charge in [0.05, 0.1) is 31.0 Å². The molecule has 5 amide bonds. The van der Waals surface area contributed by atoms with Crippen LogP contribution in [0.5, 0.6) is 0 Å². The summed E-state index contributed by atoms with van der Waals surface area (Å²) < 4.78 is 91.2. The van der Waals surface area contributed by atoms with E-state index >= 15 is 0 Å². The van der Waals surface area contributed by atoms with Gasteiger partial charge >= 0.3 is 18.3 Å². The molecule has 15 nitrogen and oxygen atoms in total. The number of rotatable bonds is 10. The van der Waals surface area contributed by atoms with Gasteiger partial charge in [-0.1, -0.05) is 39.3 Å². The lowest BCUT2D eigenvalue weighted by molar-refractivity contribution is -0.166. The van der Waals surface area contributed by atoms with Gasteiger partial charge in [0.15, 0.2) is 6.10 Å². The Morgan fingerprint density at radius 3 is 1.91 bits per heavy atom. The number of carbonyl (C=O) groups excluding carboxylic acids is 6. The summed E-state index contributed by atoms with van der Waals surface area (Å²) in [6, 6.07) is -4.35. The van der Waals surface area contributed by atoms with Crippen LogP contribution >= 0.6 is 22.9 Å². The first-order valence-electron chi connectivity index (χ1n) is 20.8. The normalized spacial score (nSPS) is 25.7. The Hall–Kier alpha value is -4.72. The van der Waals surface area contributed by atoms with Gasteiger partial charge in [-0.3, -0.25) is 29.3 Å². The average molecular weight is 968 g/mol. The Bertz CT molecular complexity index is 2060. The van der Waals surface area contributed by atoms with Crippen molar-refractivity contribution in [2.75, 3.05) is 21.1 Å². The first-order valence-corrected chi connectivity index (χ1v) is 22.0. The van der Waals surface area contributed by atoms with Crippen LogP contribution in [0.4, 0.5) is 26.3 Å². The van der Waals surface area contributed by atoms with E-state index < -0.39 is 128 Å². The number of ether oxygens (including phenoxy) is 1. The molecule has 1 aliphatic rings. The summed E-state index contributed by atoms with van der Waals surface area (Å²) in [4.78, 5) is 86.1. The lowest BCUT2D eigenvalue weighted by Crippen LogP contribution is -2.62. The van der Waals surface area contributed by atoms with Gasteiger partial charge in [-0.2, -0.15) is 31.6 Å². The van der Waals surface area contributed by atoms with Crippen molar-refractivity contribution < 1.29 is 65.0 Å². The minimum absolute atomic E-state index is 0.0112. The smallest absolute Gasteiger partial charge is 0.391 e. The van der Waals surface area contributed by atoms with E-state index in [1.807, 2.05) is 5.32 Å². The molecule has 65 heavy (non-hydrogen) atoms. The first-order chi connectivity index (χ1) is 30.0. The number of carbonyl (C=O) groups is 6. The van der Waals surface area contributed by atoms with Crippen LogP contribution in [-0.2, 0) is 39.9 Å². The minimum Gasteiger partial charge on any atom is -0.451 e. The van der Waals surface area contributed by atoms with Crippen molar-refractivity contribution in [3.63, 3.8) is 0 Å². The highest BCUT2D eigenvalue weighted by Crippen LogP contribution is 2.32. The van der Waals surface area contributed by atoms with Crippen LogP contribution in [0.25, 0.3) is 10.1 Å². The van der Waals surface area contributed by atoms with Crippen molar-refractivity contribution in [1.82, 2.24) is 30.7 Å². The second kappa shape index (κ2) is 23.1. The molecule has 2 aromatic rings. The summed E-state index contributed by atoms with van der Waals surface area (Å²) in [5.41, 5.74) is 0.500. The molecule has 362 valence electrons. The number of hydrogen-bond donors (Lipinski definition) is 4. The maximum Gasteiger partial charge on any atom is 0.391 e. The van der Waals surface area contributed by atoms with Gasteiger partial charge in [0, 0.05) is 43.7 Å². The number of fused-ring (bicyclic) bond motifs is 1. The number of cyclic esters (lactones) is 1. The number of nitrogens with one attached hydrogen (secondary N) is 3. The van der Waals surface area contributed by atoms with Crippen LogP contribution in [0.15, 0.2) is 23.6 Å². The summed E-state index contributed by atoms with van der Waals surface area (Å²) >= 11 is 7.57. The van der Waals surface area contributed by atoms with Gasteiger partial charge in [-0.15, -0.1) is 11.3 Å². The van der Waals surface area contributed by atoms with Gasteiger partial charge in [0.25, 0.3) is 5.91 Å². The first kappa shape index (κ1) is 54.6. The molecule has 2 heterocycles. The van der Waals surface area contributed by atoms with Crippen molar-refractivity contribution in [3.8, 4) is 6.07 Å². The fourth-order valence-corrected chi connectivity index (χ4v) is 8.42. The third-order valence-corrected chi connectivity index (χ3v) is 12.1. The number of esters is 1. The van der Waals surface area contributed by atoms with Crippen LogP contribution in [-0.4, -0.2) is 137 Å². The van der Waals surface area contributed by atoms with Gasteiger partial charge in [-0.25, -0.2) is 4.79 Å². The standard InChI is InChI=1S/C42H56ClF6N7O8S/c1-21(2)14-27-37(60)54(6)23(5)40(63)64-32(10-9-13-50)36(59)53-29(19-42(47,48)49)39(62)55(7)30(15-22(3)4)34(57)52-28(18-41(44,45)46)38(61)56(8)31(35(58)51-27)16-24-20-65-33-12-11-25(43)17-26(24)33/h11-12,17,20-23,27-32,35,51,58H,9-10,14-16,18-19H2,1-8H3,(H,52,57)(H,53,59)/t23-,27-,28-,29-,30-,31-,32+,35?/m0/s1. The van der Waals surface area contributed by atoms with Gasteiger partial charge in [0.2, 0.25) is 23.6 Å². The molecular formula is C42H56ClF6N7O8S. The van der Waals surface area contributed by atoms with Crippen molar-refractivity contribution in [1.29, 1.82) is 5.26 Å². The molecule has 8 atom stereocenters. The number of alkyl halides is 6. The summed E-state index contributed by atoms with van der Waals surface area (Å²) in [6.45, 7) is 7.78. The Balaban J connectivity index is 2.31. The van der Waals surface area contributed by atoms with E-state index in [2.05, 4.69) is 10.6 Å². The van der Waals surface area contributed by atoms with Crippen molar-refractivity contribution >= 4 is 68.5 Å². The maximum atomic E-state index is 14.4. The predicted molar refractivity (Wildman–Crippen MR) is 228 cm³/mol. The maximum absolute atomic E-state index is 14.4. The molecule has 1 fully saturated rings. The minimum atomic E-state index is -5.13. The Morgan fingerprint density at radius 2 is 1.37 bits per heavy atom. The average Bonchev–Trinajstić information content (AvgIpc) is 3.60. The molecule has 0 bridgehead atoms. The third-order valence-electron chi connectivity index (χ3n) is 10.9. The van der Waals surface area contributed by atoms with Crippen molar-refractivity contribution in [2.24, 2.45) is 11.8 Å². The number of nitrogens with zero attached hydrogens (tertiary/aromatic N) is 4.